The predicted molar refractivity (Wildman–Crippen MR) is 88.1 cm³/mol. The number of rotatable bonds is 4. The third kappa shape index (κ3) is 4.10. The average Bonchev–Trinajstić information content (AvgIpc) is 2.82. The minimum absolute atomic E-state index is 0.141. The molecule has 2 heterocycles. The lowest BCUT2D eigenvalue weighted by Crippen LogP contribution is -2.41. The maximum Gasteiger partial charge on any atom is 0.122 e. The van der Waals surface area contributed by atoms with Crippen LogP contribution in [0.4, 0.5) is 0 Å². The summed E-state index contributed by atoms with van der Waals surface area (Å²) in [6.07, 6.45) is 6.59. The summed E-state index contributed by atoms with van der Waals surface area (Å²) in [6, 6.07) is 4.42. The summed E-state index contributed by atoms with van der Waals surface area (Å²) in [7, 11) is 0. The molecule has 3 heteroatoms. The molecule has 3 nitrogen and oxygen atoms in total. The van der Waals surface area contributed by atoms with Crippen molar-refractivity contribution >= 4 is 0 Å². The fourth-order valence-corrected chi connectivity index (χ4v) is 3.61. The quantitative estimate of drug-likeness (QED) is 0.904. The molecular formula is C18H32N2O. The zero-order valence-electron chi connectivity index (χ0n) is 14.1. The molecule has 1 fully saturated rings. The number of likely N-dealkylation sites (tertiary alicyclic amines) is 1. The Bertz CT molecular complexity index is 407. The van der Waals surface area contributed by atoms with Gasteiger partial charge in [-0.3, -0.25) is 4.90 Å². The number of hydrogen-bond donors (Lipinski definition) is 1. The summed E-state index contributed by atoms with van der Waals surface area (Å²) in [4.78, 5) is 2.55. The van der Waals surface area contributed by atoms with Crippen LogP contribution in [0.15, 0.2) is 22.8 Å². The van der Waals surface area contributed by atoms with Crippen LogP contribution in [0.25, 0.3) is 0 Å². The van der Waals surface area contributed by atoms with E-state index in [1.165, 1.54) is 19.3 Å². The SMILES string of the molecule is CCC(N)C(c1ccco1)N1CCCC(C(C)(C)C)CC1. The standard InChI is InChI=1S/C18H32N2O/c1-5-15(19)17(16-9-7-13-21-16)20-11-6-8-14(10-12-20)18(2,3)4/h7,9,13-15,17H,5-6,8,10-12,19H2,1-4H3. The van der Waals surface area contributed by atoms with E-state index in [-0.39, 0.29) is 12.1 Å². The van der Waals surface area contributed by atoms with Gasteiger partial charge in [-0.1, -0.05) is 27.7 Å². The van der Waals surface area contributed by atoms with Gasteiger partial charge in [0.05, 0.1) is 12.3 Å². The lowest BCUT2D eigenvalue weighted by atomic mass is 9.77. The van der Waals surface area contributed by atoms with Gasteiger partial charge in [-0.05, 0) is 62.2 Å². The Morgan fingerprint density at radius 3 is 2.67 bits per heavy atom. The molecular weight excluding hydrogens is 260 g/mol. The zero-order chi connectivity index (χ0) is 15.5. The molecule has 0 bridgehead atoms. The van der Waals surface area contributed by atoms with Gasteiger partial charge in [-0.25, -0.2) is 0 Å². The highest BCUT2D eigenvalue weighted by molar-refractivity contribution is 5.08. The predicted octanol–water partition coefficient (Wildman–Crippen LogP) is 4.21. The monoisotopic (exact) mass is 292 g/mol. The molecule has 2 N–H and O–H groups in total. The second-order valence-electron chi connectivity index (χ2n) is 7.56. The van der Waals surface area contributed by atoms with Crippen LogP contribution in [0.5, 0.6) is 0 Å². The van der Waals surface area contributed by atoms with E-state index in [4.69, 9.17) is 10.2 Å². The molecule has 1 aliphatic heterocycles. The van der Waals surface area contributed by atoms with Crippen molar-refractivity contribution in [1.29, 1.82) is 0 Å². The molecule has 0 spiro atoms. The van der Waals surface area contributed by atoms with Gasteiger partial charge in [0.15, 0.2) is 0 Å². The maximum atomic E-state index is 6.41. The molecule has 1 saturated heterocycles. The van der Waals surface area contributed by atoms with Gasteiger partial charge in [0, 0.05) is 6.04 Å². The van der Waals surface area contributed by atoms with Crippen LogP contribution in [-0.2, 0) is 0 Å². The van der Waals surface area contributed by atoms with Crippen molar-refractivity contribution in [3.05, 3.63) is 24.2 Å². The first-order chi connectivity index (χ1) is 9.93. The molecule has 0 saturated carbocycles. The van der Waals surface area contributed by atoms with Gasteiger partial charge in [-0.2, -0.15) is 0 Å². The Balaban J connectivity index is 2.11. The highest BCUT2D eigenvalue weighted by atomic mass is 16.3. The Labute approximate surface area is 129 Å². The van der Waals surface area contributed by atoms with Gasteiger partial charge in [0.25, 0.3) is 0 Å². The van der Waals surface area contributed by atoms with E-state index in [0.29, 0.717) is 5.41 Å². The normalized spacial score (nSPS) is 24.5. The van der Waals surface area contributed by atoms with Crippen molar-refractivity contribution in [3.8, 4) is 0 Å². The van der Waals surface area contributed by atoms with Crippen LogP contribution in [0.1, 0.15) is 65.2 Å². The number of hydrogen-bond acceptors (Lipinski definition) is 3. The molecule has 2 rings (SSSR count). The molecule has 3 atom stereocenters. The summed E-state index contributed by atoms with van der Waals surface area (Å²) >= 11 is 0. The Hall–Kier alpha value is -0.800. The Kier molecular flexibility index (Phi) is 5.50. The van der Waals surface area contributed by atoms with Gasteiger partial charge in [0.2, 0.25) is 0 Å². The van der Waals surface area contributed by atoms with Crippen LogP contribution in [0, 0.1) is 11.3 Å². The van der Waals surface area contributed by atoms with Crippen molar-refractivity contribution < 1.29 is 4.42 Å². The van der Waals surface area contributed by atoms with Gasteiger partial charge >= 0.3 is 0 Å². The van der Waals surface area contributed by atoms with E-state index < -0.39 is 0 Å². The second kappa shape index (κ2) is 6.97. The van der Waals surface area contributed by atoms with E-state index in [9.17, 15) is 0 Å². The van der Waals surface area contributed by atoms with Crippen LogP contribution in [-0.4, -0.2) is 24.0 Å². The molecule has 3 unspecified atom stereocenters. The number of nitrogens with zero attached hydrogens (tertiary/aromatic N) is 1. The molecule has 21 heavy (non-hydrogen) atoms. The summed E-state index contributed by atoms with van der Waals surface area (Å²) in [6.45, 7) is 11.5. The van der Waals surface area contributed by atoms with E-state index in [2.05, 4.69) is 38.7 Å². The molecule has 120 valence electrons. The first kappa shape index (κ1) is 16.6. The third-order valence-electron chi connectivity index (χ3n) is 5.09. The van der Waals surface area contributed by atoms with Crippen molar-refractivity contribution in [3.63, 3.8) is 0 Å². The average molecular weight is 292 g/mol. The van der Waals surface area contributed by atoms with Crippen LogP contribution in [0.2, 0.25) is 0 Å². The van der Waals surface area contributed by atoms with Crippen LogP contribution in [0.3, 0.4) is 0 Å². The minimum Gasteiger partial charge on any atom is -0.468 e. The molecule has 1 aromatic heterocycles. The maximum absolute atomic E-state index is 6.41. The molecule has 1 aliphatic rings. The molecule has 0 amide bonds. The summed E-state index contributed by atoms with van der Waals surface area (Å²) in [5.74, 6) is 1.83. The van der Waals surface area contributed by atoms with E-state index in [1.54, 1.807) is 6.26 Å². The smallest absolute Gasteiger partial charge is 0.122 e. The van der Waals surface area contributed by atoms with E-state index in [0.717, 1.165) is 31.2 Å². The van der Waals surface area contributed by atoms with E-state index in [1.807, 2.05) is 6.07 Å². The van der Waals surface area contributed by atoms with Crippen molar-refractivity contribution in [2.24, 2.45) is 17.1 Å². The number of nitrogens with two attached hydrogens (primary N) is 1. The summed E-state index contributed by atoms with van der Waals surface area (Å²) < 4.78 is 5.69. The van der Waals surface area contributed by atoms with Crippen LogP contribution < -0.4 is 5.73 Å². The first-order valence-electron chi connectivity index (χ1n) is 8.46. The van der Waals surface area contributed by atoms with Gasteiger partial charge in [0.1, 0.15) is 5.76 Å². The molecule has 0 radical (unpaired) electrons. The fraction of sp³-hybridized carbons (Fsp3) is 0.778. The largest absolute Gasteiger partial charge is 0.468 e. The topological polar surface area (TPSA) is 42.4 Å². The van der Waals surface area contributed by atoms with Crippen LogP contribution >= 0.6 is 0 Å². The highest BCUT2D eigenvalue weighted by Gasteiger charge is 2.32. The summed E-state index contributed by atoms with van der Waals surface area (Å²) in [5.41, 5.74) is 6.81. The zero-order valence-corrected chi connectivity index (χ0v) is 14.1. The van der Waals surface area contributed by atoms with Crippen molar-refractivity contribution in [2.75, 3.05) is 13.1 Å². The minimum atomic E-state index is 0.141. The highest BCUT2D eigenvalue weighted by Crippen LogP contribution is 2.36. The molecule has 0 aliphatic carbocycles. The first-order valence-corrected chi connectivity index (χ1v) is 8.46. The van der Waals surface area contributed by atoms with Gasteiger partial charge in [-0.15, -0.1) is 0 Å². The Morgan fingerprint density at radius 2 is 2.10 bits per heavy atom. The fourth-order valence-electron chi connectivity index (χ4n) is 3.61. The Morgan fingerprint density at radius 1 is 1.33 bits per heavy atom. The molecule has 1 aromatic rings. The number of furan rings is 1. The summed E-state index contributed by atoms with van der Waals surface area (Å²) in [5, 5.41) is 0. The van der Waals surface area contributed by atoms with Crippen molar-refractivity contribution in [1.82, 2.24) is 4.90 Å². The molecule has 0 aromatic carbocycles. The van der Waals surface area contributed by atoms with E-state index >= 15 is 0 Å². The van der Waals surface area contributed by atoms with Crippen molar-refractivity contribution in [2.45, 2.75) is 65.5 Å². The third-order valence-corrected chi connectivity index (χ3v) is 5.09. The lowest BCUT2D eigenvalue weighted by Gasteiger charge is -2.34. The van der Waals surface area contributed by atoms with Gasteiger partial charge < -0.3 is 10.2 Å². The lowest BCUT2D eigenvalue weighted by molar-refractivity contribution is 0.144. The second-order valence-corrected chi connectivity index (χ2v) is 7.56.